The Morgan fingerprint density at radius 2 is 1.66 bits per heavy atom. The topological polar surface area (TPSA) is 129 Å². The first-order valence-corrected chi connectivity index (χ1v) is 9.83. The Labute approximate surface area is 171 Å². The van der Waals surface area contributed by atoms with Crippen LogP contribution in [-0.2, 0) is 15.9 Å². The van der Waals surface area contributed by atoms with E-state index in [0.717, 1.165) is 12.1 Å². The van der Waals surface area contributed by atoms with Crippen molar-refractivity contribution in [2.24, 2.45) is 5.73 Å². The summed E-state index contributed by atoms with van der Waals surface area (Å²) in [5.74, 6) is 0.879. The first-order chi connectivity index (χ1) is 14.2. The predicted molar refractivity (Wildman–Crippen MR) is 111 cm³/mol. The first-order valence-electron chi connectivity index (χ1n) is 9.83. The molecular formula is C19H31N7O3. The summed E-state index contributed by atoms with van der Waals surface area (Å²) in [4.78, 5) is 17.3. The molecule has 0 aliphatic rings. The Bertz CT molecular complexity index is 689. The highest BCUT2D eigenvalue weighted by Gasteiger charge is 2.09. The molecule has 160 valence electrons. The second-order valence-corrected chi connectivity index (χ2v) is 6.37. The van der Waals surface area contributed by atoms with Crippen LogP contribution in [0.3, 0.4) is 0 Å². The third-order valence-electron chi connectivity index (χ3n) is 3.51. The standard InChI is InChI=1S/C19H31N7O3/c1-15(2)29-19-25-17(22-9-6-16-5-3-4-8-21-16)24-18(26-19)23-10-12-28-14-13-27-11-7-20/h3-5,8,15H,6-7,9-14,20H2,1-2H3,(H2,22,23,24,25,26). The number of nitrogens with one attached hydrogen (secondary N) is 2. The Hall–Kier alpha value is -2.56. The van der Waals surface area contributed by atoms with E-state index in [0.29, 0.717) is 58.0 Å². The average molecular weight is 406 g/mol. The minimum absolute atomic E-state index is 0.0385. The molecule has 0 saturated carbocycles. The molecule has 0 saturated heterocycles. The van der Waals surface area contributed by atoms with Crippen molar-refractivity contribution in [2.75, 3.05) is 56.7 Å². The van der Waals surface area contributed by atoms with Crippen LogP contribution in [0.4, 0.5) is 11.9 Å². The number of nitrogens with two attached hydrogens (primary N) is 1. The fourth-order valence-electron chi connectivity index (χ4n) is 2.27. The molecule has 0 aliphatic heterocycles. The van der Waals surface area contributed by atoms with E-state index < -0.39 is 0 Å². The molecule has 0 spiro atoms. The fourth-order valence-corrected chi connectivity index (χ4v) is 2.27. The van der Waals surface area contributed by atoms with Crippen LogP contribution in [-0.4, -0.2) is 72.1 Å². The van der Waals surface area contributed by atoms with Crippen molar-refractivity contribution in [2.45, 2.75) is 26.4 Å². The number of rotatable bonds is 15. The highest BCUT2D eigenvalue weighted by molar-refractivity contribution is 5.36. The summed E-state index contributed by atoms with van der Waals surface area (Å²) in [6.45, 7) is 7.64. The average Bonchev–Trinajstić information content (AvgIpc) is 2.70. The van der Waals surface area contributed by atoms with Crippen molar-refractivity contribution < 1.29 is 14.2 Å². The summed E-state index contributed by atoms with van der Waals surface area (Å²) in [5.41, 5.74) is 6.36. The lowest BCUT2D eigenvalue weighted by molar-refractivity contribution is 0.0547. The third kappa shape index (κ3) is 9.97. The van der Waals surface area contributed by atoms with Crippen LogP contribution in [0.15, 0.2) is 24.4 Å². The molecule has 2 aromatic rings. The highest BCUT2D eigenvalue weighted by atomic mass is 16.5. The smallest absolute Gasteiger partial charge is 0.323 e. The highest BCUT2D eigenvalue weighted by Crippen LogP contribution is 2.12. The van der Waals surface area contributed by atoms with Crippen molar-refractivity contribution in [1.29, 1.82) is 0 Å². The van der Waals surface area contributed by atoms with Gasteiger partial charge in [-0.1, -0.05) is 6.07 Å². The van der Waals surface area contributed by atoms with Gasteiger partial charge in [-0.3, -0.25) is 4.98 Å². The quantitative estimate of drug-likeness (QED) is 0.371. The van der Waals surface area contributed by atoms with Crippen LogP contribution in [0.5, 0.6) is 6.01 Å². The van der Waals surface area contributed by atoms with E-state index in [-0.39, 0.29) is 12.1 Å². The van der Waals surface area contributed by atoms with Gasteiger partial charge in [0.25, 0.3) is 0 Å². The predicted octanol–water partition coefficient (Wildman–Crippen LogP) is 1.11. The van der Waals surface area contributed by atoms with Crippen molar-refractivity contribution in [3.05, 3.63) is 30.1 Å². The van der Waals surface area contributed by atoms with Gasteiger partial charge < -0.3 is 30.6 Å². The minimum atomic E-state index is -0.0385. The van der Waals surface area contributed by atoms with E-state index in [2.05, 4.69) is 30.6 Å². The van der Waals surface area contributed by atoms with Gasteiger partial charge in [-0.2, -0.15) is 15.0 Å². The molecule has 0 aromatic carbocycles. The molecule has 0 bridgehead atoms. The molecule has 10 nitrogen and oxygen atoms in total. The number of aromatic nitrogens is 4. The largest absolute Gasteiger partial charge is 0.461 e. The van der Waals surface area contributed by atoms with E-state index in [1.807, 2.05) is 32.0 Å². The lowest BCUT2D eigenvalue weighted by Crippen LogP contribution is -2.18. The molecule has 2 rings (SSSR count). The van der Waals surface area contributed by atoms with Gasteiger partial charge in [-0.05, 0) is 26.0 Å². The lowest BCUT2D eigenvalue weighted by Gasteiger charge is -2.12. The van der Waals surface area contributed by atoms with Gasteiger partial charge in [0, 0.05) is 37.9 Å². The minimum Gasteiger partial charge on any atom is -0.461 e. The second kappa shape index (κ2) is 13.6. The molecule has 0 fully saturated rings. The normalized spacial score (nSPS) is 10.9. The van der Waals surface area contributed by atoms with Crippen molar-refractivity contribution in [3.63, 3.8) is 0 Å². The number of pyridine rings is 1. The SMILES string of the molecule is CC(C)Oc1nc(NCCOCCOCCN)nc(NCCc2ccccn2)n1. The van der Waals surface area contributed by atoms with Gasteiger partial charge in [0.1, 0.15) is 0 Å². The zero-order valence-electron chi connectivity index (χ0n) is 17.1. The maximum absolute atomic E-state index is 5.63. The summed E-state index contributed by atoms with van der Waals surface area (Å²) in [6.07, 6.45) is 2.50. The zero-order chi connectivity index (χ0) is 20.7. The van der Waals surface area contributed by atoms with Crippen molar-refractivity contribution in [1.82, 2.24) is 19.9 Å². The molecule has 0 atom stereocenters. The maximum Gasteiger partial charge on any atom is 0.323 e. The van der Waals surface area contributed by atoms with Gasteiger partial charge in [-0.15, -0.1) is 0 Å². The van der Waals surface area contributed by atoms with E-state index in [1.54, 1.807) is 6.20 Å². The Balaban J connectivity index is 1.81. The van der Waals surface area contributed by atoms with Crippen molar-refractivity contribution in [3.8, 4) is 6.01 Å². The number of hydrogen-bond acceptors (Lipinski definition) is 10. The van der Waals surface area contributed by atoms with E-state index in [1.165, 1.54) is 0 Å². The Morgan fingerprint density at radius 3 is 2.31 bits per heavy atom. The molecule has 0 radical (unpaired) electrons. The summed E-state index contributed by atoms with van der Waals surface area (Å²) < 4.78 is 16.4. The Morgan fingerprint density at radius 1 is 0.931 bits per heavy atom. The van der Waals surface area contributed by atoms with Crippen LogP contribution < -0.4 is 21.1 Å². The van der Waals surface area contributed by atoms with Gasteiger partial charge in [0.15, 0.2) is 0 Å². The van der Waals surface area contributed by atoms with Crippen LogP contribution >= 0.6 is 0 Å². The lowest BCUT2D eigenvalue weighted by atomic mass is 10.3. The summed E-state index contributed by atoms with van der Waals surface area (Å²) >= 11 is 0. The molecule has 0 amide bonds. The second-order valence-electron chi connectivity index (χ2n) is 6.37. The third-order valence-corrected chi connectivity index (χ3v) is 3.51. The molecule has 0 unspecified atom stereocenters. The van der Waals surface area contributed by atoms with Gasteiger partial charge in [0.05, 0.1) is 32.5 Å². The molecule has 2 aromatic heterocycles. The molecule has 0 aliphatic carbocycles. The maximum atomic E-state index is 5.63. The van der Waals surface area contributed by atoms with E-state index in [4.69, 9.17) is 19.9 Å². The number of nitrogens with zero attached hydrogens (tertiary/aromatic N) is 4. The van der Waals surface area contributed by atoms with Crippen LogP contribution in [0.1, 0.15) is 19.5 Å². The fraction of sp³-hybridized carbons (Fsp3) is 0.579. The monoisotopic (exact) mass is 405 g/mol. The molecular weight excluding hydrogens is 374 g/mol. The van der Waals surface area contributed by atoms with Crippen LogP contribution in [0.2, 0.25) is 0 Å². The molecule has 2 heterocycles. The summed E-state index contributed by atoms with van der Waals surface area (Å²) in [5, 5.41) is 6.33. The van der Waals surface area contributed by atoms with Gasteiger partial charge in [0.2, 0.25) is 11.9 Å². The number of hydrogen-bond donors (Lipinski definition) is 3. The summed E-state index contributed by atoms with van der Waals surface area (Å²) in [7, 11) is 0. The van der Waals surface area contributed by atoms with E-state index >= 15 is 0 Å². The Kier molecular flexibility index (Phi) is 10.6. The van der Waals surface area contributed by atoms with Gasteiger partial charge in [-0.25, -0.2) is 0 Å². The zero-order valence-corrected chi connectivity index (χ0v) is 17.1. The van der Waals surface area contributed by atoms with Crippen LogP contribution in [0, 0.1) is 0 Å². The summed E-state index contributed by atoms with van der Waals surface area (Å²) in [6, 6.07) is 6.12. The molecule has 29 heavy (non-hydrogen) atoms. The molecule has 4 N–H and O–H groups in total. The first kappa shape index (κ1) is 22.7. The number of ether oxygens (including phenoxy) is 3. The molecule has 10 heteroatoms. The van der Waals surface area contributed by atoms with Crippen molar-refractivity contribution >= 4 is 11.9 Å². The number of anilines is 2. The van der Waals surface area contributed by atoms with Crippen LogP contribution in [0.25, 0.3) is 0 Å². The van der Waals surface area contributed by atoms with E-state index in [9.17, 15) is 0 Å². The van der Waals surface area contributed by atoms with Gasteiger partial charge >= 0.3 is 6.01 Å².